The standard InChI is InChI=1S/C13H17N7O4S/c1-3-4-20-13(16-17-18-20)25-7-8(21)9-10(14)19(5-6-24-2)12(23)15-11(9)22/h3H,1,4-7,14H2,2H3,(H,15,22,23). The number of Topliss-reactive ketones (excluding diaryl/α,β-unsaturated/α-hetero) is 1. The van der Waals surface area contributed by atoms with E-state index in [9.17, 15) is 14.4 Å². The highest BCUT2D eigenvalue weighted by Gasteiger charge is 2.20. The van der Waals surface area contributed by atoms with Crippen LogP contribution in [0, 0.1) is 0 Å². The second-order valence-electron chi connectivity index (χ2n) is 4.81. The molecule has 2 aromatic rings. The Morgan fingerprint density at radius 2 is 2.24 bits per heavy atom. The molecule has 2 aromatic heterocycles. The summed E-state index contributed by atoms with van der Waals surface area (Å²) in [4.78, 5) is 38.3. The van der Waals surface area contributed by atoms with Gasteiger partial charge >= 0.3 is 5.69 Å². The van der Waals surface area contributed by atoms with E-state index < -0.39 is 17.0 Å². The van der Waals surface area contributed by atoms with Crippen LogP contribution in [0.3, 0.4) is 0 Å². The van der Waals surface area contributed by atoms with E-state index in [4.69, 9.17) is 10.5 Å². The molecular weight excluding hydrogens is 350 g/mol. The minimum absolute atomic E-state index is 0.114. The average Bonchev–Trinajstić information content (AvgIpc) is 3.00. The quantitative estimate of drug-likeness (QED) is 0.320. The summed E-state index contributed by atoms with van der Waals surface area (Å²) in [5.74, 6) is -0.849. The fourth-order valence-corrected chi connectivity index (χ4v) is 2.76. The molecule has 0 aliphatic rings. The number of thioether (sulfide) groups is 1. The topological polar surface area (TPSA) is 151 Å². The number of methoxy groups -OCH3 is 1. The fourth-order valence-electron chi connectivity index (χ4n) is 2.00. The maximum Gasteiger partial charge on any atom is 0.330 e. The van der Waals surface area contributed by atoms with Gasteiger partial charge in [-0.05, 0) is 10.4 Å². The lowest BCUT2D eigenvalue weighted by atomic mass is 10.2. The van der Waals surface area contributed by atoms with Gasteiger partial charge in [0.1, 0.15) is 11.4 Å². The number of carbonyl (C=O) groups excluding carboxylic acids is 1. The van der Waals surface area contributed by atoms with Crippen LogP contribution in [0.15, 0.2) is 27.4 Å². The lowest BCUT2D eigenvalue weighted by molar-refractivity contribution is 0.102. The molecule has 3 N–H and O–H groups in total. The van der Waals surface area contributed by atoms with Crippen LogP contribution in [0.1, 0.15) is 10.4 Å². The number of ketones is 1. The first-order valence-electron chi connectivity index (χ1n) is 7.14. The number of hydrogen-bond donors (Lipinski definition) is 2. The highest BCUT2D eigenvalue weighted by atomic mass is 32.2. The molecule has 0 atom stereocenters. The first-order valence-corrected chi connectivity index (χ1v) is 8.12. The second kappa shape index (κ2) is 8.39. The number of hydrogen-bond acceptors (Lipinski definition) is 9. The first-order chi connectivity index (χ1) is 12.0. The summed E-state index contributed by atoms with van der Waals surface area (Å²) in [5, 5.41) is 11.5. The minimum atomic E-state index is -0.826. The molecular formula is C13H17N7O4S. The van der Waals surface area contributed by atoms with Crippen molar-refractivity contribution in [1.82, 2.24) is 29.8 Å². The first kappa shape index (κ1) is 18.6. The third-order valence-corrected chi connectivity index (χ3v) is 4.13. The zero-order chi connectivity index (χ0) is 18.4. The van der Waals surface area contributed by atoms with Crippen LogP contribution in [-0.2, 0) is 17.8 Å². The van der Waals surface area contributed by atoms with Crippen LogP contribution in [0.25, 0.3) is 0 Å². The molecule has 2 rings (SSSR count). The number of nitrogen functional groups attached to an aromatic ring is 1. The third-order valence-electron chi connectivity index (χ3n) is 3.17. The normalized spacial score (nSPS) is 10.8. The molecule has 0 spiro atoms. The molecule has 0 bridgehead atoms. The van der Waals surface area contributed by atoms with E-state index in [1.54, 1.807) is 6.08 Å². The van der Waals surface area contributed by atoms with Gasteiger partial charge < -0.3 is 10.5 Å². The Hall–Kier alpha value is -2.73. The Kier molecular flexibility index (Phi) is 6.25. The van der Waals surface area contributed by atoms with Gasteiger partial charge in [0.2, 0.25) is 5.16 Å². The monoisotopic (exact) mass is 367 g/mol. The van der Waals surface area contributed by atoms with E-state index in [0.29, 0.717) is 11.7 Å². The Labute approximate surface area is 145 Å². The Morgan fingerprint density at radius 3 is 2.92 bits per heavy atom. The number of H-pyrrole nitrogens is 1. The van der Waals surface area contributed by atoms with Gasteiger partial charge in [0.25, 0.3) is 5.56 Å². The molecule has 0 amide bonds. The number of carbonyl (C=O) groups is 1. The molecule has 0 fully saturated rings. The van der Waals surface area contributed by atoms with Crippen LogP contribution >= 0.6 is 11.8 Å². The lowest BCUT2D eigenvalue weighted by Crippen LogP contribution is -2.37. The van der Waals surface area contributed by atoms with Crippen LogP contribution in [-0.4, -0.2) is 55.0 Å². The zero-order valence-corrected chi connectivity index (χ0v) is 14.3. The molecule has 0 aliphatic heterocycles. The molecule has 11 nitrogen and oxygen atoms in total. The number of tetrazole rings is 1. The van der Waals surface area contributed by atoms with Crippen molar-refractivity contribution in [2.75, 3.05) is 25.2 Å². The summed E-state index contributed by atoms with van der Waals surface area (Å²) in [6.45, 7) is 4.29. The van der Waals surface area contributed by atoms with Crippen molar-refractivity contribution in [2.45, 2.75) is 18.2 Å². The van der Waals surface area contributed by atoms with Crippen molar-refractivity contribution in [1.29, 1.82) is 0 Å². The summed E-state index contributed by atoms with van der Waals surface area (Å²) in [6, 6.07) is 0. The van der Waals surface area contributed by atoms with Crippen LogP contribution < -0.4 is 17.0 Å². The van der Waals surface area contributed by atoms with Gasteiger partial charge in [0.05, 0.1) is 25.4 Å². The second-order valence-corrected chi connectivity index (χ2v) is 5.75. The van der Waals surface area contributed by atoms with Crippen LogP contribution in [0.4, 0.5) is 5.82 Å². The van der Waals surface area contributed by atoms with Gasteiger partial charge in [0.15, 0.2) is 5.78 Å². The van der Waals surface area contributed by atoms with E-state index in [1.165, 1.54) is 11.8 Å². The van der Waals surface area contributed by atoms with E-state index in [0.717, 1.165) is 16.3 Å². The van der Waals surface area contributed by atoms with Crippen molar-refractivity contribution in [3.63, 3.8) is 0 Å². The summed E-state index contributed by atoms with van der Waals surface area (Å²) < 4.78 is 7.43. The molecule has 25 heavy (non-hydrogen) atoms. The van der Waals surface area contributed by atoms with E-state index in [-0.39, 0.29) is 30.3 Å². The Balaban J connectivity index is 2.24. The number of allylic oxidation sites excluding steroid dienone is 1. The molecule has 12 heteroatoms. The number of nitrogens with zero attached hydrogens (tertiary/aromatic N) is 5. The predicted molar refractivity (Wildman–Crippen MR) is 90.7 cm³/mol. The number of rotatable bonds is 9. The number of anilines is 1. The van der Waals surface area contributed by atoms with E-state index in [1.807, 2.05) is 0 Å². The fraction of sp³-hybridized carbons (Fsp3) is 0.385. The SMILES string of the molecule is C=CCn1nnnc1SCC(=O)c1c(N)n(CCOC)c(=O)[nH]c1=O. The molecule has 0 saturated carbocycles. The van der Waals surface area contributed by atoms with E-state index >= 15 is 0 Å². The maximum absolute atomic E-state index is 12.4. The summed E-state index contributed by atoms with van der Waals surface area (Å²) in [5.41, 5.74) is 4.06. The summed E-state index contributed by atoms with van der Waals surface area (Å²) in [6.07, 6.45) is 1.61. The number of ether oxygens (including phenoxy) is 1. The van der Waals surface area contributed by atoms with Crippen LogP contribution in [0.2, 0.25) is 0 Å². The minimum Gasteiger partial charge on any atom is -0.384 e. The Bertz CT molecular complexity index is 885. The molecule has 0 unspecified atom stereocenters. The van der Waals surface area contributed by atoms with Gasteiger partial charge in [-0.15, -0.1) is 11.7 Å². The number of aromatic amines is 1. The van der Waals surface area contributed by atoms with Gasteiger partial charge in [-0.25, -0.2) is 9.48 Å². The number of nitrogens with two attached hydrogens (primary N) is 1. The largest absolute Gasteiger partial charge is 0.384 e. The molecule has 2 heterocycles. The van der Waals surface area contributed by atoms with Gasteiger partial charge in [-0.1, -0.05) is 17.8 Å². The number of aromatic nitrogens is 6. The molecule has 0 radical (unpaired) electrons. The van der Waals surface area contributed by atoms with Crippen molar-refractivity contribution in [3.05, 3.63) is 39.1 Å². The average molecular weight is 367 g/mol. The smallest absolute Gasteiger partial charge is 0.330 e. The van der Waals surface area contributed by atoms with Crippen LogP contribution in [0.5, 0.6) is 0 Å². The maximum atomic E-state index is 12.4. The highest BCUT2D eigenvalue weighted by molar-refractivity contribution is 7.99. The van der Waals surface area contributed by atoms with Crippen molar-refractivity contribution in [3.8, 4) is 0 Å². The van der Waals surface area contributed by atoms with Gasteiger partial charge in [-0.3, -0.25) is 19.1 Å². The predicted octanol–water partition coefficient (Wildman–Crippen LogP) is -1.09. The molecule has 0 saturated heterocycles. The van der Waals surface area contributed by atoms with Gasteiger partial charge in [0, 0.05) is 7.11 Å². The van der Waals surface area contributed by atoms with Crippen molar-refractivity contribution >= 4 is 23.4 Å². The number of nitrogens with one attached hydrogen (secondary N) is 1. The zero-order valence-electron chi connectivity index (χ0n) is 13.5. The Morgan fingerprint density at radius 1 is 1.48 bits per heavy atom. The van der Waals surface area contributed by atoms with Crippen molar-refractivity contribution in [2.24, 2.45) is 0 Å². The third kappa shape index (κ3) is 4.22. The van der Waals surface area contributed by atoms with E-state index in [2.05, 4.69) is 27.1 Å². The summed E-state index contributed by atoms with van der Waals surface area (Å²) >= 11 is 1.05. The molecule has 0 aromatic carbocycles. The molecule has 134 valence electrons. The van der Waals surface area contributed by atoms with Crippen molar-refractivity contribution < 1.29 is 9.53 Å². The van der Waals surface area contributed by atoms with Gasteiger partial charge in [-0.2, -0.15) is 0 Å². The molecule has 0 aliphatic carbocycles. The highest BCUT2D eigenvalue weighted by Crippen LogP contribution is 2.16. The summed E-state index contributed by atoms with van der Waals surface area (Å²) in [7, 11) is 1.46. The lowest BCUT2D eigenvalue weighted by Gasteiger charge is -2.11.